The number of hydrogen-bond donors (Lipinski definition) is 0. The van der Waals surface area contributed by atoms with Gasteiger partial charge in [-0.25, -0.2) is 4.79 Å². The Morgan fingerprint density at radius 2 is 1.89 bits per heavy atom. The molecule has 1 rings (SSSR count). The first-order chi connectivity index (χ1) is 8.83. The predicted molar refractivity (Wildman–Crippen MR) is 72.2 cm³/mol. The molecular formula is C14H18N2O3. The van der Waals surface area contributed by atoms with Crippen LogP contribution in [0.15, 0.2) is 24.3 Å². The third kappa shape index (κ3) is 4.88. The fourth-order valence-corrected chi connectivity index (χ4v) is 1.32. The number of amides is 1. The van der Waals surface area contributed by atoms with Crippen molar-refractivity contribution in [2.24, 2.45) is 0 Å². The molecule has 1 aromatic rings. The molecule has 5 nitrogen and oxygen atoms in total. The Bertz CT molecular complexity index is 469. The van der Waals surface area contributed by atoms with Gasteiger partial charge in [-0.15, -0.1) is 0 Å². The van der Waals surface area contributed by atoms with Gasteiger partial charge in [0.25, 0.3) is 0 Å². The summed E-state index contributed by atoms with van der Waals surface area (Å²) in [6.45, 7) is 5.45. The van der Waals surface area contributed by atoms with Crippen molar-refractivity contribution < 1.29 is 14.3 Å². The predicted octanol–water partition coefficient (Wildman–Crippen LogP) is 2.96. The number of carbonyl (C=O) groups is 1. The molecule has 0 unspecified atom stereocenters. The maximum absolute atomic E-state index is 11.8. The number of anilines is 1. The monoisotopic (exact) mass is 262 g/mol. The first-order valence-corrected chi connectivity index (χ1v) is 5.90. The molecule has 0 saturated carbocycles. The molecule has 0 N–H and O–H groups in total. The van der Waals surface area contributed by atoms with Crippen LogP contribution < -0.4 is 9.64 Å². The summed E-state index contributed by atoms with van der Waals surface area (Å²) in [7, 11) is 1.64. The molecule has 0 saturated heterocycles. The molecule has 0 spiro atoms. The van der Waals surface area contributed by atoms with Crippen LogP contribution in [0.4, 0.5) is 10.5 Å². The molecule has 0 atom stereocenters. The fraction of sp³-hybridized carbons (Fsp3) is 0.429. The highest BCUT2D eigenvalue weighted by atomic mass is 16.6. The van der Waals surface area contributed by atoms with E-state index in [0.717, 1.165) is 0 Å². The molecule has 5 heteroatoms. The molecule has 1 aromatic carbocycles. The second-order valence-electron chi connectivity index (χ2n) is 4.98. The SMILES string of the molecule is CN(C(=O)OC(C)(C)C)c1ccc(OCC#N)cc1. The molecular weight excluding hydrogens is 244 g/mol. The number of nitrogens with zero attached hydrogens (tertiary/aromatic N) is 2. The first-order valence-electron chi connectivity index (χ1n) is 5.90. The minimum Gasteiger partial charge on any atom is -0.479 e. The third-order valence-electron chi connectivity index (χ3n) is 2.19. The Balaban J connectivity index is 2.70. The van der Waals surface area contributed by atoms with Crippen LogP contribution in [0, 0.1) is 11.3 Å². The smallest absolute Gasteiger partial charge is 0.414 e. The lowest BCUT2D eigenvalue weighted by atomic mass is 10.2. The van der Waals surface area contributed by atoms with Crippen LogP contribution >= 0.6 is 0 Å². The lowest BCUT2D eigenvalue weighted by Crippen LogP contribution is -2.34. The molecule has 0 bridgehead atoms. The summed E-state index contributed by atoms with van der Waals surface area (Å²) in [5.74, 6) is 0.586. The molecule has 0 aliphatic rings. The molecule has 0 aromatic heterocycles. The van der Waals surface area contributed by atoms with Crippen molar-refractivity contribution in [1.29, 1.82) is 5.26 Å². The van der Waals surface area contributed by atoms with Crippen LogP contribution in [0.1, 0.15) is 20.8 Å². The topological polar surface area (TPSA) is 62.6 Å². The van der Waals surface area contributed by atoms with Gasteiger partial charge in [0.05, 0.1) is 0 Å². The second-order valence-corrected chi connectivity index (χ2v) is 4.98. The minimum atomic E-state index is -0.527. The zero-order valence-electron chi connectivity index (χ0n) is 11.6. The van der Waals surface area contributed by atoms with Gasteiger partial charge in [-0.3, -0.25) is 4.90 Å². The minimum absolute atomic E-state index is 0.00124. The summed E-state index contributed by atoms with van der Waals surface area (Å²) < 4.78 is 10.4. The van der Waals surface area contributed by atoms with Crippen LogP contribution in [0.25, 0.3) is 0 Å². The number of benzene rings is 1. The molecule has 102 valence electrons. The summed E-state index contributed by atoms with van der Waals surface area (Å²) >= 11 is 0. The van der Waals surface area contributed by atoms with Gasteiger partial charge in [0.15, 0.2) is 6.61 Å². The second kappa shape index (κ2) is 6.10. The highest BCUT2D eigenvalue weighted by Gasteiger charge is 2.20. The van der Waals surface area contributed by atoms with E-state index in [1.54, 1.807) is 31.3 Å². The molecule has 0 aliphatic heterocycles. The summed E-state index contributed by atoms with van der Waals surface area (Å²) in [6.07, 6.45) is -0.418. The van der Waals surface area contributed by atoms with E-state index in [9.17, 15) is 4.79 Å². The van der Waals surface area contributed by atoms with E-state index in [4.69, 9.17) is 14.7 Å². The average molecular weight is 262 g/mol. The summed E-state index contributed by atoms with van der Waals surface area (Å²) in [4.78, 5) is 13.3. The van der Waals surface area contributed by atoms with Crippen molar-refractivity contribution in [3.05, 3.63) is 24.3 Å². The Morgan fingerprint density at radius 1 is 1.32 bits per heavy atom. The van der Waals surface area contributed by atoms with E-state index in [-0.39, 0.29) is 6.61 Å². The molecule has 1 amide bonds. The van der Waals surface area contributed by atoms with Crippen molar-refractivity contribution in [1.82, 2.24) is 0 Å². The van der Waals surface area contributed by atoms with Crippen LogP contribution in [0.3, 0.4) is 0 Å². The Hall–Kier alpha value is -2.22. The van der Waals surface area contributed by atoms with Gasteiger partial charge in [-0.1, -0.05) is 0 Å². The normalized spacial score (nSPS) is 10.5. The molecule has 0 fully saturated rings. The van der Waals surface area contributed by atoms with Crippen LogP contribution in [0.5, 0.6) is 5.75 Å². The van der Waals surface area contributed by atoms with Gasteiger partial charge < -0.3 is 9.47 Å². The van der Waals surface area contributed by atoms with Crippen LogP contribution in [-0.2, 0) is 4.74 Å². The van der Waals surface area contributed by atoms with Gasteiger partial charge >= 0.3 is 6.09 Å². The molecule has 0 radical (unpaired) electrons. The van der Waals surface area contributed by atoms with Crippen molar-refractivity contribution in [3.8, 4) is 11.8 Å². The standard InChI is InChI=1S/C14H18N2O3/c1-14(2,3)19-13(17)16(4)11-5-7-12(8-6-11)18-10-9-15/h5-8H,10H2,1-4H3. The van der Waals surface area contributed by atoms with Crippen molar-refractivity contribution in [2.45, 2.75) is 26.4 Å². The van der Waals surface area contributed by atoms with Crippen molar-refractivity contribution >= 4 is 11.8 Å². The lowest BCUT2D eigenvalue weighted by molar-refractivity contribution is 0.0589. The maximum Gasteiger partial charge on any atom is 0.414 e. The van der Waals surface area contributed by atoms with Crippen LogP contribution in [-0.4, -0.2) is 25.3 Å². The summed E-state index contributed by atoms with van der Waals surface area (Å²) in [5.41, 5.74) is 0.167. The van der Waals surface area contributed by atoms with E-state index < -0.39 is 11.7 Å². The number of hydrogen-bond acceptors (Lipinski definition) is 4. The quantitative estimate of drug-likeness (QED) is 0.840. The molecule has 0 aliphatic carbocycles. The van der Waals surface area contributed by atoms with Gasteiger partial charge in [0.1, 0.15) is 17.4 Å². The third-order valence-corrected chi connectivity index (χ3v) is 2.19. The Morgan fingerprint density at radius 3 is 2.37 bits per heavy atom. The van der Waals surface area contributed by atoms with E-state index in [1.807, 2.05) is 26.8 Å². The van der Waals surface area contributed by atoms with Gasteiger partial charge in [-0.2, -0.15) is 5.26 Å². The van der Waals surface area contributed by atoms with Gasteiger partial charge in [0, 0.05) is 12.7 Å². The first kappa shape index (κ1) is 14.8. The van der Waals surface area contributed by atoms with E-state index in [2.05, 4.69) is 0 Å². The number of rotatable bonds is 3. The zero-order chi connectivity index (χ0) is 14.5. The van der Waals surface area contributed by atoms with E-state index >= 15 is 0 Å². The lowest BCUT2D eigenvalue weighted by Gasteiger charge is -2.24. The highest BCUT2D eigenvalue weighted by molar-refractivity contribution is 5.87. The van der Waals surface area contributed by atoms with Gasteiger partial charge in [0.2, 0.25) is 0 Å². The zero-order valence-corrected chi connectivity index (χ0v) is 11.6. The summed E-state index contributed by atoms with van der Waals surface area (Å²) in [5, 5.41) is 8.41. The van der Waals surface area contributed by atoms with Gasteiger partial charge in [-0.05, 0) is 45.0 Å². The average Bonchev–Trinajstić information content (AvgIpc) is 2.34. The molecule has 19 heavy (non-hydrogen) atoms. The largest absolute Gasteiger partial charge is 0.479 e. The number of carbonyl (C=O) groups excluding carboxylic acids is 1. The Kier molecular flexibility index (Phi) is 4.76. The number of ether oxygens (including phenoxy) is 2. The van der Waals surface area contributed by atoms with Crippen molar-refractivity contribution in [3.63, 3.8) is 0 Å². The fourth-order valence-electron chi connectivity index (χ4n) is 1.32. The van der Waals surface area contributed by atoms with E-state index in [1.165, 1.54) is 4.90 Å². The van der Waals surface area contributed by atoms with Crippen molar-refractivity contribution in [2.75, 3.05) is 18.6 Å². The highest BCUT2D eigenvalue weighted by Crippen LogP contribution is 2.20. The maximum atomic E-state index is 11.8. The number of nitriles is 1. The molecule has 0 heterocycles. The van der Waals surface area contributed by atoms with Crippen LogP contribution in [0.2, 0.25) is 0 Å². The van der Waals surface area contributed by atoms with E-state index in [0.29, 0.717) is 11.4 Å². The summed E-state index contributed by atoms with van der Waals surface area (Å²) in [6, 6.07) is 8.76. The Labute approximate surface area is 113 Å².